The molecule has 1 N–H and O–H groups in total. The average Bonchev–Trinajstić information content (AvgIpc) is 2.12. The molecule has 0 aromatic carbocycles. The van der Waals surface area contributed by atoms with Crippen molar-refractivity contribution in [3.63, 3.8) is 0 Å². The first-order chi connectivity index (χ1) is 6.68. The second kappa shape index (κ2) is 5.86. The first-order valence-electron chi connectivity index (χ1n) is 5.04. The highest BCUT2D eigenvalue weighted by Gasteiger charge is 1.95. The molecule has 2 nitrogen and oxygen atoms in total. The molecule has 0 aliphatic carbocycles. The van der Waals surface area contributed by atoms with Crippen LogP contribution in [0.3, 0.4) is 0 Å². The topological polar surface area (TPSA) is 24.9 Å². The fourth-order valence-corrected chi connectivity index (χ4v) is 1.43. The van der Waals surface area contributed by atoms with Crippen molar-refractivity contribution in [2.75, 3.05) is 11.9 Å². The predicted octanol–water partition coefficient (Wildman–Crippen LogP) is 3.58. The molecule has 0 aliphatic rings. The number of nitrogens with zero attached hydrogens (tertiary/aromatic N) is 1. The maximum absolute atomic E-state index is 5.76. The Morgan fingerprint density at radius 1 is 1.50 bits per heavy atom. The maximum Gasteiger partial charge on any atom is 0.131 e. The Balaban J connectivity index is 2.25. The van der Waals surface area contributed by atoms with E-state index in [0.29, 0.717) is 5.15 Å². The number of hydrogen-bond donors (Lipinski definition) is 1. The molecule has 1 rings (SSSR count). The first kappa shape index (κ1) is 11.3. The quantitative estimate of drug-likeness (QED) is 0.596. The molecule has 0 bridgehead atoms. The summed E-state index contributed by atoms with van der Waals surface area (Å²) in [6, 6.07) is 3.78. The summed E-state index contributed by atoms with van der Waals surface area (Å²) in [5.74, 6) is 0.776. The van der Waals surface area contributed by atoms with Gasteiger partial charge >= 0.3 is 0 Å². The number of pyridine rings is 1. The summed E-state index contributed by atoms with van der Waals surface area (Å²) in [7, 11) is 0. The number of hydrogen-bond acceptors (Lipinski definition) is 2. The van der Waals surface area contributed by atoms with Crippen LogP contribution in [0.4, 0.5) is 5.69 Å². The molecule has 0 saturated carbocycles. The Morgan fingerprint density at radius 2 is 2.29 bits per heavy atom. The summed E-state index contributed by atoms with van der Waals surface area (Å²) < 4.78 is 0. The van der Waals surface area contributed by atoms with E-state index in [4.69, 9.17) is 11.6 Å². The smallest absolute Gasteiger partial charge is 0.131 e. The largest absolute Gasteiger partial charge is 0.385 e. The van der Waals surface area contributed by atoms with Crippen LogP contribution in [0.15, 0.2) is 18.3 Å². The molecule has 0 radical (unpaired) electrons. The zero-order chi connectivity index (χ0) is 10.4. The molecule has 0 saturated heterocycles. The fourth-order valence-electron chi connectivity index (χ4n) is 1.26. The lowest BCUT2D eigenvalue weighted by atomic mass is 10.1. The maximum atomic E-state index is 5.76. The van der Waals surface area contributed by atoms with E-state index in [1.807, 2.05) is 12.1 Å². The van der Waals surface area contributed by atoms with Crippen LogP contribution < -0.4 is 5.32 Å². The van der Waals surface area contributed by atoms with Crippen molar-refractivity contribution < 1.29 is 0 Å². The van der Waals surface area contributed by atoms with E-state index in [-0.39, 0.29) is 0 Å². The lowest BCUT2D eigenvalue weighted by Crippen LogP contribution is -2.02. The molecule has 78 valence electrons. The van der Waals surface area contributed by atoms with Crippen LogP contribution in [0.25, 0.3) is 0 Å². The van der Waals surface area contributed by atoms with E-state index in [9.17, 15) is 0 Å². The van der Waals surface area contributed by atoms with Gasteiger partial charge in [0.1, 0.15) is 5.15 Å². The van der Waals surface area contributed by atoms with Crippen molar-refractivity contribution in [3.8, 4) is 0 Å². The second-order valence-corrected chi connectivity index (χ2v) is 4.22. The summed E-state index contributed by atoms with van der Waals surface area (Å²) in [5.41, 5.74) is 1.05. The fraction of sp³-hybridized carbons (Fsp3) is 0.545. The monoisotopic (exact) mass is 212 g/mol. The third-order valence-electron chi connectivity index (χ3n) is 2.01. The normalized spacial score (nSPS) is 10.6. The van der Waals surface area contributed by atoms with Crippen molar-refractivity contribution in [1.82, 2.24) is 4.98 Å². The molecule has 1 aromatic heterocycles. The molecule has 1 aromatic rings. The van der Waals surface area contributed by atoms with Crippen LogP contribution in [-0.4, -0.2) is 11.5 Å². The average molecular weight is 213 g/mol. The van der Waals surface area contributed by atoms with Gasteiger partial charge in [0.15, 0.2) is 0 Å². The van der Waals surface area contributed by atoms with Crippen LogP contribution in [0.5, 0.6) is 0 Å². The molecule has 0 spiro atoms. The molecule has 14 heavy (non-hydrogen) atoms. The summed E-state index contributed by atoms with van der Waals surface area (Å²) in [6.07, 6.45) is 4.16. The van der Waals surface area contributed by atoms with Gasteiger partial charge in [0.2, 0.25) is 0 Å². The summed E-state index contributed by atoms with van der Waals surface area (Å²) in [6.45, 7) is 5.48. The van der Waals surface area contributed by atoms with Gasteiger partial charge in [0.05, 0.1) is 0 Å². The Hall–Kier alpha value is -0.760. The Bertz CT molecular complexity index is 274. The minimum Gasteiger partial charge on any atom is -0.385 e. The molecule has 0 aliphatic heterocycles. The van der Waals surface area contributed by atoms with Crippen LogP contribution >= 0.6 is 11.6 Å². The van der Waals surface area contributed by atoms with Crippen molar-refractivity contribution >= 4 is 17.3 Å². The van der Waals surface area contributed by atoms with Gasteiger partial charge < -0.3 is 5.32 Å². The van der Waals surface area contributed by atoms with E-state index in [1.165, 1.54) is 12.8 Å². The van der Waals surface area contributed by atoms with Gasteiger partial charge in [-0.15, -0.1) is 0 Å². The van der Waals surface area contributed by atoms with Crippen molar-refractivity contribution in [2.45, 2.75) is 26.7 Å². The summed E-state index contributed by atoms with van der Waals surface area (Å²) in [5, 5.41) is 3.86. The van der Waals surface area contributed by atoms with Gasteiger partial charge in [0.25, 0.3) is 0 Å². The number of aromatic nitrogens is 1. The molecule has 1 heterocycles. The van der Waals surface area contributed by atoms with Crippen LogP contribution in [0, 0.1) is 5.92 Å². The van der Waals surface area contributed by atoms with Crippen molar-refractivity contribution in [1.29, 1.82) is 0 Å². The van der Waals surface area contributed by atoms with Crippen LogP contribution in [0.1, 0.15) is 26.7 Å². The van der Waals surface area contributed by atoms with Crippen molar-refractivity contribution in [3.05, 3.63) is 23.5 Å². The van der Waals surface area contributed by atoms with Gasteiger partial charge in [-0.25, -0.2) is 4.98 Å². The Morgan fingerprint density at radius 3 is 2.93 bits per heavy atom. The number of rotatable bonds is 5. The lowest BCUT2D eigenvalue weighted by Gasteiger charge is -2.07. The standard InChI is InChI=1S/C11H17ClN2/c1-9(2)4-3-6-13-10-5-7-14-11(12)8-10/h5,7-9H,3-4,6H2,1-2H3,(H,13,14). The lowest BCUT2D eigenvalue weighted by molar-refractivity contribution is 0.567. The van der Waals surface area contributed by atoms with E-state index >= 15 is 0 Å². The second-order valence-electron chi connectivity index (χ2n) is 3.83. The number of anilines is 1. The van der Waals surface area contributed by atoms with E-state index in [1.54, 1.807) is 6.20 Å². The first-order valence-corrected chi connectivity index (χ1v) is 5.41. The van der Waals surface area contributed by atoms with E-state index in [0.717, 1.165) is 18.2 Å². The predicted molar refractivity (Wildman–Crippen MR) is 61.8 cm³/mol. The highest BCUT2D eigenvalue weighted by molar-refractivity contribution is 6.29. The van der Waals surface area contributed by atoms with Gasteiger partial charge in [-0.3, -0.25) is 0 Å². The Kier molecular flexibility index (Phi) is 4.74. The van der Waals surface area contributed by atoms with Gasteiger partial charge in [-0.2, -0.15) is 0 Å². The third kappa shape index (κ3) is 4.47. The molecule has 0 fully saturated rings. The van der Waals surface area contributed by atoms with Gasteiger partial charge in [0, 0.05) is 18.4 Å². The van der Waals surface area contributed by atoms with Crippen molar-refractivity contribution in [2.24, 2.45) is 5.92 Å². The zero-order valence-electron chi connectivity index (χ0n) is 8.76. The van der Waals surface area contributed by atoms with Gasteiger partial charge in [-0.05, 0) is 30.9 Å². The molecule has 0 unspecified atom stereocenters. The minimum atomic E-state index is 0.541. The van der Waals surface area contributed by atoms with E-state index < -0.39 is 0 Å². The Labute approximate surface area is 90.7 Å². The van der Waals surface area contributed by atoms with Gasteiger partial charge in [-0.1, -0.05) is 25.4 Å². The van der Waals surface area contributed by atoms with E-state index in [2.05, 4.69) is 24.1 Å². The third-order valence-corrected chi connectivity index (χ3v) is 2.22. The molecule has 3 heteroatoms. The highest BCUT2D eigenvalue weighted by Crippen LogP contribution is 2.12. The molecular formula is C11H17ClN2. The summed E-state index contributed by atoms with van der Waals surface area (Å²) >= 11 is 5.76. The number of halogens is 1. The molecular weight excluding hydrogens is 196 g/mol. The zero-order valence-corrected chi connectivity index (χ0v) is 9.51. The molecule has 0 atom stereocenters. The minimum absolute atomic E-state index is 0.541. The SMILES string of the molecule is CC(C)CCCNc1ccnc(Cl)c1. The highest BCUT2D eigenvalue weighted by atomic mass is 35.5. The van der Waals surface area contributed by atoms with Crippen LogP contribution in [-0.2, 0) is 0 Å². The van der Waals surface area contributed by atoms with Crippen LogP contribution in [0.2, 0.25) is 5.15 Å². The summed E-state index contributed by atoms with van der Waals surface area (Å²) in [4.78, 5) is 3.92. The molecule has 0 amide bonds. The number of nitrogens with one attached hydrogen (secondary N) is 1.